The van der Waals surface area contributed by atoms with Gasteiger partial charge in [0, 0.05) is 28.3 Å². The largest absolute Gasteiger partial charge is 0.480 e. The van der Waals surface area contributed by atoms with Gasteiger partial charge in [0.15, 0.2) is 5.76 Å². The fourth-order valence-corrected chi connectivity index (χ4v) is 4.64. The molecule has 0 fully saturated rings. The van der Waals surface area contributed by atoms with Crippen molar-refractivity contribution in [2.45, 2.75) is 45.8 Å². The number of benzene rings is 3. The van der Waals surface area contributed by atoms with E-state index in [0.717, 1.165) is 11.6 Å². The van der Waals surface area contributed by atoms with Crippen molar-refractivity contribution >= 4 is 35.3 Å². The van der Waals surface area contributed by atoms with Gasteiger partial charge in [0.2, 0.25) is 5.82 Å². The summed E-state index contributed by atoms with van der Waals surface area (Å²) in [6.07, 6.45) is -0.807. The highest BCUT2D eigenvalue weighted by atomic mass is 35.5. The Morgan fingerprint density at radius 1 is 1.00 bits per heavy atom. The molecule has 0 aliphatic heterocycles. The predicted molar refractivity (Wildman–Crippen MR) is 171 cm³/mol. The van der Waals surface area contributed by atoms with Crippen molar-refractivity contribution in [2.24, 2.45) is 0 Å². The standard InChI is InChI=1S/C34H30ClFN4O7/c1-18-5-7-21(17-24(18)35)27-13-14-28(45-27)30(41)38-26(32(42)43)16-19-6-12-23(25(36)15-19)29-39-31(47-40-29)20-8-10-22(11-9-20)37-33(44)46-34(2,3)4/h5-15,17,26H,16H2,1-4H3,(H,37,44)(H,38,41)(H,42,43). The minimum absolute atomic E-state index is 0.0217. The van der Waals surface area contributed by atoms with Gasteiger partial charge in [0.05, 0.1) is 5.56 Å². The maximum absolute atomic E-state index is 15.2. The van der Waals surface area contributed by atoms with Crippen LogP contribution in [0, 0.1) is 12.7 Å². The number of carboxylic acids is 1. The molecule has 47 heavy (non-hydrogen) atoms. The molecule has 0 saturated carbocycles. The molecule has 2 aromatic heterocycles. The normalized spacial score (nSPS) is 12.0. The van der Waals surface area contributed by atoms with Crippen LogP contribution in [0.5, 0.6) is 0 Å². The molecule has 5 aromatic rings. The van der Waals surface area contributed by atoms with Crippen LogP contribution in [0.2, 0.25) is 5.02 Å². The average Bonchev–Trinajstić information content (AvgIpc) is 3.69. The number of aliphatic carboxylic acids is 1. The number of anilines is 1. The summed E-state index contributed by atoms with van der Waals surface area (Å²) in [6, 6.07) is 17.6. The number of nitrogens with zero attached hydrogens (tertiary/aromatic N) is 2. The number of carboxylic acid groups (broad SMARTS) is 1. The summed E-state index contributed by atoms with van der Waals surface area (Å²) >= 11 is 6.19. The number of furan rings is 1. The van der Waals surface area contributed by atoms with Crippen molar-refractivity contribution in [1.29, 1.82) is 0 Å². The van der Waals surface area contributed by atoms with Crippen molar-refractivity contribution in [3.63, 3.8) is 0 Å². The van der Waals surface area contributed by atoms with Crippen molar-refractivity contribution in [2.75, 3.05) is 5.32 Å². The molecule has 3 N–H and O–H groups in total. The number of aryl methyl sites for hydroxylation is 1. The van der Waals surface area contributed by atoms with E-state index in [2.05, 4.69) is 20.8 Å². The van der Waals surface area contributed by atoms with E-state index in [1.807, 2.05) is 13.0 Å². The van der Waals surface area contributed by atoms with Crippen LogP contribution in [-0.4, -0.2) is 44.9 Å². The van der Waals surface area contributed by atoms with Crippen LogP contribution in [0.15, 0.2) is 81.7 Å². The number of hydrogen-bond donors (Lipinski definition) is 3. The molecule has 0 spiro atoms. The Balaban J connectivity index is 1.23. The SMILES string of the molecule is Cc1ccc(-c2ccc(C(=O)NC(Cc3ccc(-c4noc(-c5ccc(NC(=O)OC(C)(C)C)cc5)n4)c(F)c3)C(=O)O)o2)cc1Cl. The lowest BCUT2D eigenvalue weighted by Crippen LogP contribution is -2.42. The van der Waals surface area contributed by atoms with Crippen molar-refractivity contribution in [1.82, 2.24) is 15.5 Å². The van der Waals surface area contributed by atoms with E-state index in [1.165, 1.54) is 18.2 Å². The molecule has 1 atom stereocenters. The van der Waals surface area contributed by atoms with Gasteiger partial charge in [-0.15, -0.1) is 0 Å². The summed E-state index contributed by atoms with van der Waals surface area (Å²) in [5, 5.41) is 19.2. The number of hydrogen-bond acceptors (Lipinski definition) is 8. The molecule has 2 heterocycles. The smallest absolute Gasteiger partial charge is 0.412 e. The second-order valence-corrected chi connectivity index (χ2v) is 12.0. The molecule has 3 aromatic carbocycles. The molecule has 0 saturated heterocycles. The van der Waals surface area contributed by atoms with Crippen LogP contribution < -0.4 is 10.6 Å². The highest BCUT2D eigenvalue weighted by molar-refractivity contribution is 6.31. The number of ether oxygens (including phenoxy) is 1. The molecule has 0 aliphatic rings. The quantitative estimate of drug-likeness (QED) is 0.145. The van der Waals surface area contributed by atoms with Gasteiger partial charge in [-0.1, -0.05) is 35.0 Å². The van der Waals surface area contributed by atoms with Gasteiger partial charge in [-0.2, -0.15) is 4.98 Å². The number of carbonyl (C=O) groups excluding carboxylic acids is 2. The maximum Gasteiger partial charge on any atom is 0.412 e. The zero-order valence-electron chi connectivity index (χ0n) is 25.8. The zero-order chi connectivity index (χ0) is 33.9. The van der Waals surface area contributed by atoms with Crippen LogP contribution in [-0.2, 0) is 16.0 Å². The van der Waals surface area contributed by atoms with E-state index in [1.54, 1.807) is 63.2 Å². The molecule has 13 heteroatoms. The Morgan fingerprint density at radius 2 is 1.72 bits per heavy atom. The first-order valence-corrected chi connectivity index (χ1v) is 14.8. The van der Waals surface area contributed by atoms with E-state index in [4.69, 9.17) is 25.3 Å². The summed E-state index contributed by atoms with van der Waals surface area (Å²) in [5.74, 6) is -2.37. The third kappa shape index (κ3) is 8.22. The van der Waals surface area contributed by atoms with Gasteiger partial charge >= 0.3 is 12.1 Å². The third-order valence-corrected chi connectivity index (χ3v) is 7.21. The molecular weight excluding hydrogens is 631 g/mol. The fourth-order valence-electron chi connectivity index (χ4n) is 4.46. The summed E-state index contributed by atoms with van der Waals surface area (Å²) in [4.78, 5) is 41.1. The van der Waals surface area contributed by atoms with Gasteiger partial charge in [-0.25, -0.2) is 14.0 Å². The van der Waals surface area contributed by atoms with Gasteiger partial charge in [0.25, 0.3) is 11.8 Å². The molecule has 1 unspecified atom stereocenters. The van der Waals surface area contributed by atoms with Crippen molar-refractivity contribution < 1.29 is 37.6 Å². The Bertz CT molecular complexity index is 1950. The zero-order valence-corrected chi connectivity index (χ0v) is 26.5. The number of nitrogens with one attached hydrogen (secondary N) is 2. The second-order valence-electron chi connectivity index (χ2n) is 11.6. The minimum Gasteiger partial charge on any atom is -0.480 e. The Labute approximate surface area is 273 Å². The Kier molecular flexibility index (Phi) is 9.43. The van der Waals surface area contributed by atoms with Gasteiger partial charge in [0.1, 0.15) is 23.2 Å². The van der Waals surface area contributed by atoms with Crippen LogP contribution >= 0.6 is 11.6 Å². The molecule has 5 rings (SSSR count). The van der Waals surface area contributed by atoms with Gasteiger partial charge in [-0.05, 0) is 93.4 Å². The first-order chi connectivity index (χ1) is 22.3. The highest BCUT2D eigenvalue weighted by Crippen LogP contribution is 2.28. The van der Waals surface area contributed by atoms with Crippen molar-refractivity contribution in [3.05, 3.63) is 101 Å². The predicted octanol–water partition coefficient (Wildman–Crippen LogP) is 7.54. The van der Waals surface area contributed by atoms with E-state index in [-0.39, 0.29) is 29.5 Å². The van der Waals surface area contributed by atoms with E-state index < -0.39 is 35.4 Å². The molecule has 0 aliphatic carbocycles. The number of amides is 2. The Morgan fingerprint density at radius 3 is 2.38 bits per heavy atom. The monoisotopic (exact) mass is 660 g/mol. The topological polar surface area (TPSA) is 157 Å². The van der Waals surface area contributed by atoms with Crippen molar-refractivity contribution in [3.8, 4) is 34.2 Å². The third-order valence-electron chi connectivity index (χ3n) is 6.81. The minimum atomic E-state index is -1.38. The van der Waals surface area contributed by atoms with E-state index in [0.29, 0.717) is 33.2 Å². The average molecular weight is 661 g/mol. The number of aromatic nitrogens is 2. The maximum atomic E-state index is 15.2. The molecule has 242 valence electrons. The van der Waals surface area contributed by atoms with E-state index >= 15 is 4.39 Å². The lowest BCUT2D eigenvalue weighted by molar-refractivity contribution is -0.139. The molecular formula is C34H30ClFN4O7. The lowest BCUT2D eigenvalue weighted by atomic mass is 10.0. The van der Waals surface area contributed by atoms with Gasteiger partial charge < -0.3 is 24.1 Å². The summed E-state index contributed by atoms with van der Waals surface area (Å²) in [5.41, 5.74) is 2.25. The van der Waals surface area contributed by atoms with E-state index in [9.17, 15) is 19.5 Å². The summed E-state index contributed by atoms with van der Waals surface area (Å²) in [7, 11) is 0. The summed E-state index contributed by atoms with van der Waals surface area (Å²) in [6.45, 7) is 7.13. The molecule has 0 radical (unpaired) electrons. The van der Waals surface area contributed by atoms with Crippen LogP contribution in [0.3, 0.4) is 0 Å². The second kappa shape index (κ2) is 13.5. The molecule has 2 amide bonds. The molecule has 0 bridgehead atoms. The summed E-state index contributed by atoms with van der Waals surface area (Å²) < 4.78 is 31.4. The number of carbonyl (C=O) groups is 3. The number of halogens is 2. The fraction of sp³-hybridized carbons (Fsp3) is 0.206. The van der Waals surface area contributed by atoms with Gasteiger partial charge in [-0.3, -0.25) is 10.1 Å². The Hall–Kier alpha value is -5.49. The highest BCUT2D eigenvalue weighted by Gasteiger charge is 2.24. The lowest BCUT2D eigenvalue weighted by Gasteiger charge is -2.19. The number of rotatable bonds is 9. The van der Waals surface area contributed by atoms with Crippen LogP contribution in [0.1, 0.15) is 42.5 Å². The first-order valence-electron chi connectivity index (χ1n) is 14.4. The van der Waals surface area contributed by atoms with Crippen LogP contribution in [0.4, 0.5) is 14.9 Å². The van der Waals surface area contributed by atoms with Crippen LogP contribution in [0.25, 0.3) is 34.2 Å². The molecule has 11 nitrogen and oxygen atoms in total. The first kappa shape index (κ1) is 32.9.